The largest absolute Gasteiger partial charge is 0.508 e. The molecule has 0 bridgehead atoms. The average Bonchev–Trinajstić information content (AvgIpc) is 3.77. The number of amides is 9. The van der Waals surface area contributed by atoms with Gasteiger partial charge in [-0.05, 0) is 55.2 Å². The summed E-state index contributed by atoms with van der Waals surface area (Å²) in [5.41, 5.74) is 11.6. The first-order valence-corrected chi connectivity index (χ1v) is 21.8. The van der Waals surface area contributed by atoms with Crippen molar-refractivity contribution in [3.8, 4) is 5.75 Å². The Morgan fingerprint density at radius 1 is 0.706 bits per heavy atom. The molecule has 378 valence electrons. The topological polar surface area (TPSA) is 428 Å². The number of nitrogens with one attached hydrogen (secondary N) is 7. The standard InChI is InChI=1S/C42H64N10O16/c1-20(2)14-24(43)35(60)50-29(19-54)38(63)48-26(16-33(58)59)36(61)45-17-32(57)46-28(18-53)39(64)51-34(21(3)4)40(65)47-25(11-12-31(44)56)37(62)49-27(15-22-7-9-23(55)10-8-22)41(66)52-13-5-6-30(52)42(67)68/h7-10,20-21,24-30,34,53-55H,5-6,11-19,43H2,1-4H3,(H2,44,56)(H,45,61)(H,46,57)(H,47,65)(H,48,63)(H,49,62)(H,50,60)(H,51,64)(H,58,59)(H,67,68)/t24-,25-,26-,27-,28-,29-,30-,34-/m0/s1. The number of carboxylic acids is 2. The summed E-state index contributed by atoms with van der Waals surface area (Å²) in [6.45, 7) is 3.73. The lowest BCUT2D eigenvalue weighted by atomic mass is 10.0. The summed E-state index contributed by atoms with van der Waals surface area (Å²) in [5, 5.41) is 64.4. The Labute approximate surface area is 391 Å². The Kier molecular flexibility index (Phi) is 23.3. The number of hydrogen-bond acceptors (Lipinski definition) is 15. The molecule has 8 atom stereocenters. The number of aliphatic carboxylic acids is 2. The van der Waals surface area contributed by atoms with Crippen LogP contribution in [-0.4, -0.2) is 170 Å². The summed E-state index contributed by atoms with van der Waals surface area (Å²) < 4.78 is 0. The molecule has 1 aromatic carbocycles. The molecule has 9 amide bonds. The van der Waals surface area contributed by atoms with Gasteiger partial charge in [0.1, 0.15) is 48.0 Å². The summed E-state index contributed by atoms with van der Waals surface area (Å²) >= 11 is 0. The Morgan fingerprint density at radius 3 is 1.79 bits per heavy atom. The zero-order valence-corrected chi connectivity index (χ0v) is 38.2. The van der Waals surface area contributed by atoms with Gasteiger partial charge in [-0.1, -0.05) is 39.8 Å². The number of carbonyl (C=O) groups is 11. The van der Waals surface area contributed by atoms with E-state index < -0.39 is 158 Å². The Balaban J connectivity index is 2.19. The highest BCUT2D eigenvalue weighted by atomic mass is 16.4. The minimum absolute atomic E-state index is 0.00922. The lowest BCUT2D eigenvalue weighted by molar-refractivity contribution is -0.149. The number of carbonyl (C=O) groups excluding carboxylic acids is 9. The fourth-order valence-electron chi connectivity index (χ4n) is 6.91. The second kappa shape index (κ2) is 27.6. The fourth-order valence-corrected chi connectivity index (χ4v) is 6.91. The third-order valence-electron chi connectivity index (χ3n) is 10.5. The van der Waals surface area contributed by atoms with Crippen LogP contribution in [0.25, 0.3) is 0 Å². The van der Waals surface area contributed by atoms with E-state index in [4.69, 9.17) is 11.5 Å². The van der Waals surface area contributed by atoms with Crippen molar-refractivity contribution in [2.24, 2.45) is 23.3 Å². The summed E-state index contributed by atoms with van der Waals surface area (Å²) in [6, 6.07) is -6.24. The van der Waals surface area contributed by atoms with Crippen molar-refractivity contribution >= 4 is 65.1 Å². The SMILES string of the molecule is CC(C)C[C@H](N)C(=O)N[C@@H](CO)C(=O)N[C@@H](CC(=O)O)C(=O)NCC(=O)N[C@@H](CO)C(=O)N[C@H](C(=O)N[C@@H](CCC(N)=O)C(=O)N[C@@H](Cc1ccc(O)cc1)C(=O)N1CCC[C@H]1C(=O)O)C(C)C. The molecule has 1 fully saturated rings. The van der Waals surface area contributed by atoms with Gasteiger partial charge in [-0.25, -0.2) is 4.79 Å². The van der Waals surface area contributed by atoms with E-state index in [0.717, 1.165) is 4.90 Å². The van der Waals surface area contributed by atoms with Crippen LogP contribution < -0.4 is 48.7 Å². The molecular weight excluding hydrogens is 901 g/mol. The van der Waals surface area contributed by atoms with E-state index in [0.29, 0.717) is 12.0 Å². The predicted molar refractivity (Wildman–Crippen MR) is 236 cm³/mol. The molecule has 0 radical (unpaired) electrons. The van der Waals surface area contributed by atoms with Crippen molar-refractivity contribution in [3.63, 3.8) is 0 Å². The van der Waals surface area contributed by atoms with Crippen LogP contribution >= 0.6 is 0 Å². The summed E-state index contributed by atoms with van der Waals surface area (Å²) in [6.07, 6.45) is -1.23. The molecule has 16 N–H and O–H groups in total. The molecular formula is C42H64N10O16. The van der Waals surface area contributed by atoms with Gasteiger partial charge in [0.25, 0.3) is 0 Å². The van der Waals surface area contributed by atoms with Crippen LogP contribution in [0.4, 0.5) is 0 Å². The number of aliphatic hydroxyl groups excluding tert-OH is 2. The highest BCUT2D eigenvalue weighted by Crippen LogP contribution is 2.21. The van der Waals surface area contributed by atoms with Crippen LogP contribution in [0, 0.1) is 11.8 Å². The molecule has 26 heteroatoms. The average molecular weight is 965 g/mol. The number of likely N-dealkylation sites (tertiary alicyclic amines) is 1. The molecule has 1 aliphatic rings. The Bertz CT molecular complexity index is 1980. The molecule has 1 saturated heterocycles. The second-order valence-electron chi connectivity index (χ2n) is 16.9. The maximum Gasteiger partial charge on any atom is 0.326 e. The van der Waals surface area contributed by atoms with Gasteiger partial charge in [-0.3, -0.25) is 47.9 Å². The Hall–Kier alpha value is -6.93. The minimum Gasteiger partial charge on any atom is -0.508 e. The predicted octanol–water partition coefficient (Wildman–Crippen LogP) is -5.21. The molecule has 0 aromatic heterocycles. The molecule has 0 aliphatic carbocycles. The van der Waals surface area contributed by atoms with Gasteiger partial charge in [0.2, 0.25) is 53.2 Å². The smallest absolute Gasteiger partial charge is 0.326 e. The number of aromatic hydroxyl groups is 1. The molecule has 0 spiro atoms. The van der Waals surface area contributed by atoms with Gasteiger partial charge < -0.3 is 79.1 Å². The van der Waals surface area contributed by atoms with Crippen LogP contribution in [-0.2, 0) is 59.2 Å². The molecule has 0 saturated carbocycles. The minimum atomic E-state index is -1.83. The van der Waals surface area contributed by atoms with E-state index in [1.54, 1.807) is 13.8 Å². The maximum atomic E-state index is 13.9. The van der Waals surface area contributed by atoms with Crippen molar-refractivity contribution in [2.75, 3.05) is 26.3 Å². The zero-order valence-electron chi connectivity index (χ0n) is 38.2. The molecule has 1 aliphatic heterocycles. The maximum absolute atomic E-state index is 13.9. The lowest BCUT2D eigenvalue weighted by Crippen LogP contribution is -2.61. The lowest BCUT2D eigenvalue weighted by Gasteiger charge is -2.30. The molecule has 1 heterocycles. The van der Waals surface area contributed by atoms with E-state index in [2.05, 4.69) is 37.2 Å². The normalized spacial score (nSPS) is 16.4. The summed E-state index contributed by atoms with van der Waals surface area (Å²) in [4.78, 5) is 142. The van der Waals surface area contributed by atoms with E-state index in [1.807, 2.05) is 0 Å². The van der Waals surface area contributed by atoms with Crippen molar-refractivity contribution in [1.29, 1.82) is 0 Å². The second-order valence-corrected chi connectivity index (χ2v) is 16.9. The van der Waals surface area contributed by atoms with Crippen molar-refractivity contribution in [1.82, 2.24) is 42.1 Å². The number of carboxylic acid groups (broad SMARTS) is 2. The number of nitrogens with two attached hydrogens (primary N) is 2. The number of nitrogens with zero attached hydrogens (tertiary/aromatic N) is 1. The van der Waals surface area contributed by atoms with Crippen molar-refractivity contribution in [3.05, 3.63) is 29.8 Å². The fraction of sp³-hybridized carbons (Fsp3) is 0.595. The van der Waals surface area contributed by atoms with E-state index in [9.17, 15) is 78.3 Å². The van der Waals surface area contributed by atoms with Gasteiger partial charge >= 0.3 is 11.9 Å². The quantitative estimate of drug-likeness (QED) is 0.0373. The molecule has 1 aromatic rings. The number of primary amides is 1. The van der Waals surface area contributed by atoms with Gasteiger partial charge in [-0.15, -0.1) is 0 Å². The monoisotopic (exact) mass is 964 g/mol. The van der Waals surface area contributed by atoms with E-state index in [1.165, 1.54) is 38.1 Å². The highest BCUT2D eigenvalue weighted by molar-refractivity contribution is 5.98. The molecule has 2 rings (SSSR count). The van der Waals surface area contributed by atoms with Gasteiger partial charge in [0, 0.05) is 19.4 Å². The van der Waals surface area contributed by atoms with Crippen LogP contribution in [0.5, 0.6) is 5.75 Å². The highest BCUT2D eigenvalue weighted by Gasteiger charge is 2.39. The number of aliphatic hydroxyl groups is 2. The Morgan fingerprint density at radius 2 is 1.25 bits per heavy atom. The molecule has 0 unspecified atom stereocenters. The summed E-state index contributed by atoms with van der Waals surface area (Å²) in [5.74, 6) is -12.6. The van der Waals surface area contributed by atoms with Crippen LogP contribution in [0.1, 0.15) is 71.8 Å². The van der Waals surface area contributed by atoms with Crippen LogP contribution in [0.3, 0.4) is 0 Å². The van der Waals surface area contributed by atoms with E-state index >= 15 is 0 Å². The zero-order chi connectivity index (χ0) is 51.4. The van der Waals surface area contributed by atoms with Crippen molar-refractivity contribution in [2.45, 2.75) is 121 Å². The number of phenols is 1. The van der Waals surface area contributed by atoms with Crippen molar-refractivity contribution < 1.29 is 78.3 Å². The third-order valence-corrected chi connectivity index (χ3v) is 10.5. The number of rotatable bonds is 28. The van der Waals surface area contributed by atoms with Gasteiger partial charge in [0.05, 0.1) is 32.2 Å². The first-order valence-electron chi connectivity index (χ1n) is 21.8. The molecule has 26 nitrogen and oxygen atoms in total. The summed E-state index contributed by atoms with van der Waals surface area (Å²) in [7, 11) is 0. The molecule has 68 heavy (non-hydrogen) atoms. The van der Waals surface area contributed by atoms with Gasteiger partial charge in [-0.2, -0.15) is 0 Å². The first-order chi connectivity index (χ1) is 31.9. The first kappa shape index (κ1) is 57.2. The number of hydrogen-bond donors (Lipinski definition) is 14. The number of benzene rings is 1. The van der Waals surface area contributed by atoms with E-state index in [-0.39, 0.29) is 37.5 Å². The van der Waals surface area contributed by atoms with Crippen LogP contribution in [0.2, 0.25) is 0 Å². The van der Waals surface area contributed by atoms with Crippen LogP contribution in [0.15, 0.2) is 24.3 Å². The number of phenolic OH excluding ortho intramolecular Hbond substituents is 1. The third kappa shape index (κ3) is 18.8. The van der Waals surface area contributed by atoms with Gasteiger partial charge in [0.15, 0.2) is 0 Å².